The zero-order valence-electron chi connectivity index (χ0n) is 8.53. The lowest BCUT2D eigenvalue weighted by Crippen LogP contribution is -2.10. The van der Waals surface area contributed by atoms with Gasteiger partial charge in [0.2, 0.25) is 0 Å². The summed E-state index contributed by atoms with van der Waals surface area (Å²) in [6, 6.07) is 3.77. The summed E-state index contributed by atoms with van der Waals surface area (Å²) in [7, 11) is -3.12. The maximum Gasteiger partial charge on any atom is 0.154 e. The Morgan fingerprint density at radius 1 is 1.40 bits per heavy atom. The van der Waals surface area contributed by atoms with Gasteiger partial charge in [-0.15, -0.1) is 0 Å². The fourth-order valence-corrected chi connectivity index (χ4v) is 2.82. The van der Waals surface area contributed by atoms with Crippen LogP contribution in [0.25, 0.3) is 0 Å². The Morgan fingerprint density at radius 2 is 2.07 bits per heavy atom. The Hall–Kier alpha value is -1.10. The summed E-state index contributed by atoms with van der Waals surface area (Å²) < 4.78 is 35.7. The van der Waals surface area contributed by atoms with E-state index in [4.69, 9.17) is 5.73 Å². The highest BCUT2D eigenvalue weighted by atomic mass is 32.2. The lowest BCUT2D eigenvalue weighted by Gasteiger charge is -2.06. The summed E-state index contributed by atoms with van der Waals surface area (Å²) >= 11 is 0. The first-order valence-electron chi connectivity index (χ1n) is 4.69. The third kappa shape index (κ3) is 3.51. The van der Waals surface area contributed by atoms with Gasteiger partial charge in [0.25, 0.3) is 0 Å². The second-order valence-corrected chi connectivity index (χ2v) is 5.62. The van der Waals surface area contributed by atoms with Crippen molar-refractivity contribution in [2.45, 2.75) is 19.1 Å². The number of hydrogen-bond acceptors (Lipinski definition) is 3. The molecule has 0 atom stereocenters. The van der Waals surface area contributed by atoms with Gasteiger partial charge in [-0.2, -0.15) is 0 Å². The minimum atomic E-state index is -3.12. The summed E-state index contributed by atoms with van der Waals surface area (Å²) in [6.45, 7) is 1.80. The summed E-state index contributed by atoms with van der Waals surface area (Å²) in [6.07, 6.45) is 0.573. The fourth-order valence-electron chi connectivity index (χ4n) is 1.32. The molecule has 2 N–H and O–H groups in total. The molecule has 0 aliphatic rings. The quantitative estimate of drug-likeness (QED) is 0.803. The first-order valence-corrected chi connectivity index (χ1v) is 6.51. The van der Waals surface area contributed by atoms with Gasteiger partial charge in [0, 0.05) is 5.69 Å². The van der Waals surface area contributed by atoms with E-state index >= 15 is 0 Å². The Morgan fingerprint density at radius 3 is 2.60 bits per heavy atom. The summed E-state index contributed by atoms with van der Waals surface area (Å²) in [5.41, 5.74) is 6.17. The van der Waals surface area contributed by atoms with Gasteiger partial charge in [0.05, 0.1) is 11.5 Å². The molecule has 0 aliphatic carbocycles. The minimum absolute atomic E-state index is 0.118. The van der Waals surface area contributed by atoms with Crippen molar-refractivity contribution >= 4 is 15.5 Å². The van der Waals surface area contributed by atoms with Gasteiger partial charge in [-0.05, 0) is 24.1 Å². The molecule has 3 nitrogen and oxygen atoms in total. The molecule has 0 fully saturated rings. The van der Waals surface area contributed by atoms with E-state index in [1.807, 2.05) is 0 Å². The Kier molecular flexibility index (Phi) is 3.68. The highest BCUT2D eigenvalue weighted by molar-refractivity contribution is 7.90. The van der Waals surface area contributed by atoms with Gasteiger partial charge in [-0.25, -0.2) is 12.8 Å². The van der Waals surface area contributed by atoms with E-state index < -0.39 is 15.7 Å². The molecule has 0 aromatic heterocycles. The van der Waals surface area contributed by atoms with Crippen molar-refractivity contribution in [3.8, 4) is 0 Å². The highest BCUT2D eigenvalue weighted by Gasteiger charge is 2.12. The zero-order valence-corrected chi connectivity index (χ0v) is 9.35. The van der Waals surface area contributed by atoms with Crippen molar-refractivity contribution in [1.29, 1.82) is 0 Å². The van der Waals surface area contributed by atoms with E-state index in [0.717, 1.165) is 6.07 Å². The Balaban J connectivity index is 2.90. The molecule has 0 radical (unpaired) electrons. The monoisotopic (exact) mass is 231 g/mol. The van der Waals surface area contributed by atoms with E-state index in [1.54, 1.807) is 6.92 Å². The molecule has 1 aromatic rings. The first-order chi connectivity index (χ1) is 6.94. The number of benzene rings is 1. The van der Waals surface area contributed by atoms with Crippen LogP contribution in [0.15, 0.2) is 18.2 Å². The Bertz CT molecular complexity index is 443. The van der Waals surface area contributed by atoms with Gasteiger partial charge in [0.1, 0.15) is 5.82 Å². The lowest BCUT2D eigenvalue weighted by molar-refractivity contribution is 0.593. The van der Waals surface area contributed by atoms with Crippen LogP contribution in [0.4, 0.5) is 10.1 Å². The smallest absolute Gasteiger partial charge is 0.154 e. The molecular weight excluding hydrogens is 217 g/mol. The van der Waals surface area contributed by atoms with Crippen molar-refractivity contribution < 1.29 is 12.8 Å². The molecule has 0 saturated carbocycles. The van der Waals surface area contributed by atoms with Crippen LogP contribution in [0.2, 0.25) is 0 Å². The average Bonchev–Trinajstić information content (AvgIpc) is 2.09. The molecule has 0 spiro atoms. The normalized spacial score (nSPS) is 11.6. The number of anilines is 1. The summed E-state index contributed by atoms with van der Waals surface area (Å²) in [4.78, 5) is 0. The standard InChI is InChI=1S/C10H14FNO2S/c1-2-5-15(13,14)7-8-3-4-9(11)6-10(8)12/h3-4,6H,2,5,7,12H2,1H3. The molecule has 15 heavy (non-hydrogen) atoms. The van der Waals surface area contributed by atoms with Gasteiger partial charge >= 0.3 is 0 Å². The van der Waals surface area contributed by atoms with E-state index in [2.05, 4.69) is 0 Å². The second-order valence-electron chi connectivity index (χ2n) is 3.44. The zero-order chi connectivity index (χ0) is 11.5. The van der Waals surface area contributed by atoms with Crippen molar-refractivity contribution in [2.75, 3.05) is 11.5 Å². The van der Waals surface area contributed by atoms with Gasteiger partial charge in [-0.3, -0.25) is 0 Å². The van der Waals surface area contributed by atoms with E-state index in [9.17, 15) is 12.8 Å². The summed E-state index contributed by atoms with van der Waals surface area (Å²) in [5, 5.41) is 0. The third-order valence-electron chi connectivity index (χ3n) is 2.00. The molecule has 0 amide bonds. The van der Waals surface area contributed by atoms with Crippen LogP contribution < -0.4 is 5.73 Å². The van der Waals surface area contributed by atoms with Crippen LogP contribution in [-0.4, -0.2) is 14.2 Å². The highest BCUT2D eigenvalue weighted by Crippen LogP contribution is 2.16. The van der Waals surface area contributed by atoms with Crippen molar-refractivity contribution in [3.63, 3.8) is 0 Å². The van der Waals surface area contributed by atoms with Gasteiger partial charge in [-0.1, -0.05) is 13.0 Å². The largest absolute Gasteiger partial charge is 0.398 e. The number of hydrogen-bond donors (Lipinski definition) is 1. The van der Waals surface area contributed by atoms with Crippen molar-refractivity contribution in [3.05, 3.63) is 29.6 Å². The van der Waals surface area contributed by atoms with Crippen LogP contribution in [0.1, 0.15) is 18.9 Å². The molecule has 1 aromatic carbocycles. The predicted octanol–water partition coefficient (Wildman–Crippen LogP) is 1.73. The third-order valence-corrected chi connectivity index (χ3v) is 3.78. The summed E-state index contributed by atoms with van der Waals surface area (Å²) in [5.74, 6) is -0.444. The molecule has 0 bridgehead atoms. The van der Waals surface area contributed by atoms with Gasteiger partial charge in [0.15, 0.2) is 9.84 Å². The maximum absolute atomic E-state index is 12.7. The van der Waals surface area contributed by atoms with E-state index in [0.29, 0.717) is 12.0 Å². The molecular formula is C10H14FNO2S. The Labute approximate surface area is 89.0 Å². The van der Waals surface area contributed by atoms with Crippen LogP contribution >= 0.6 is 0 Å². The number of nitrogen functional groups attached to an aromatic ring is 1. The predicted molar refractivity (Wildman–Crippen MR) is 58.6 cm³/mol. The lowest BCUT2D eigenvalue weighted by atomic mass is 10.2. The number of nitrogens with two attached hydrogens (primary N) is 1. The SMILES string of the molecule is CCCS(=O)(=O)Cc1ccc(F)cc1N. The molecule has 5 heteroatoms. The molecule has 0 saturated heterocycles. The average molecular weight is 231 g/mol. The van der Waals surface area contributed by atoms with Crippen LogP contribution in [0.5, 0.6) is 0 Å². The van der Waals surface area contributed by atoms with Crippen molar-refractivity contribution in [1.82, 2.24) is 0 Å². The topological polar surface area (TPSA) is 60.2 Å². The van der Waals surface area contributed by atoms with Crippen LogP contribution in [-0.2, 0) is 15.6 Å². The molecule has 0 heterocycles. The molecule has 1 rings (SSSR count). The van der Waals surface area contributed by atoms with Crippen molar-refractivity contribution in [2.24, 2.45) is 0 Å². The second kappa shape index (κ2) is 4.61. The minimum Gasteiger partial charge on any atom is -0.398 e. The number of halogens is 1. The molecule has 84 valence electrons. The number of rotatable bonds is 4. The molecule has 0 aliphatic heterocycles. The van der Waals surface area contributed by atoms with E-state index in [1.165, 1.54) is 12.1 Å². The fraction of sp³-hybridized carbons (Fsp3) is 0.400. The van der Waals surface area contributed by atoms with E-state index in [-0.39, 0.29) is 17.2 Å². The molecule has 0 unspecified atom stereocenters. The first kappa shape index (κ1) is 12.0. The van der Waals surface area contributed by atoms with Crippen LogP contribution in [0, 0.1) is 5.82 Å². The maximum atomic E-state index is 12.7. The number of sulfone groups is 1. The van der Waals surface area contributed by atoms with Crippen LogP contribution in [0.3, 0.4) is 0 Å². The van der Waals surface area contributed by atoms with Gasteiger partial charge < -0.3 is 5.73 Å².